The minimum atomic E-state index is -0.252. The topological polar surface area (TPSA) is 87.0 Å². The highest BCUT2D eigenvalue weighted by Crippen LogP contribution is 2.40. The number of amides is 1. The third kappa shape index (κ3) is 3.26. The van der Waals surface area contributed by atoms with Crippen molar-refractivity contribution in [2.75, 3.05) is 6.61 Å². The fourth-order valence-corrected chi connectivity index (χ4v) is 4.30. The molecule has 0 bridgehead atoms. The van der Waals surface area contributed by atoms with Crippen molar-refractivity contribution in [2.45, 2.75) is 50.2 Å². The smallest absolute Gasteiger partial charge is 0.259 e. The minimum Gasteiger partial charge on any atom is -0.375 e. The normalized spacial score (nSPS) is 22.3. The van der Waals surface area contributed by atoms with Gasteiger partial charge in [0.05, 0.1) is 16.5 Å². The Morgan fingerprint density at radius 2 is 2.08 bits per heavy atom. The molecule has 1 aromatic carbocycles. The van der Waals surface area contributed by atoms with Crippen LogP contribution < -0.4 is 10.9 Å². The summed E-state index contributed by atoms with van der Waals surface area (Å²) >= 11 is 5.00. The van der Waals surface area contributed by atoms with E-state index in [0.29, 0.717) is 23.1 Å². The van der Waals surface area contributed by atoms with E-state index < -0.39 is 0 Å². The van der Waals surface area contributed by atoms with E-state index in [0.717, 1.165) is 25.7 Å². The van der Waals surface area contributed by atoms with Gasteiger partial charge in [-0.15, -0.1) is 0 Å². The van der Waals surface area contributed by atoms with Gasteiger partial charge in [-0.05, 0) is 56.1 Å². The maximum absolute atomic E-state index is 12.7. The highest BCUT2D eigenvalue weighted by atomic mass is 32.1. The fourth-order valence-electron chi connectivity index (χ4n) is 4.10. The van der Waals surface area contributed by atoms with Crippen LogP contribution in [0.3, 0.4) is 0 Å². The summed E-state index contributed by atoms with van der Waals surface area (Å²) in [6, 6.07) is 5.14. The fraction of sp³-hybridized carbons (Fsp3) is 0.500. The molecule has 25 heavy (non-hydrogen) atoms. The van der Waals surface area contributed by atoms with E-state index in [-0.39, 0.29) is 27.9 Å². The molecule has 132 valence electrons. The summed E-state index contributed by atoms with van der Waals surface area (Å²) < 4.78 is 6.27. The molecule has 1 unspecified atom stereocenters. The largest absolute Gasteiger partial charge is 0.375 e. The predicted molar refractivity (Wildman–Crippen MR) is 97.4 cm³/mol. The van der Waals surface area contributed by atoms with Gasteiger partial charge in [0.1, 0.15) is 0 Å². The molecule has 7 heteroatoms. The third-order valence-electron chi connectivity index (χ3n) is 5.34. The number of aromatic nitrogens is 2. The molecule has 4 rings (SSSR count). The monoisotopic (exact) mass is 359 g/mol. The first-order valence-corrected chi connectivity index (χ1v) is 9.17. The van der Waals surface area contributed by atoms with Crippen molar-refractivity contribution in [1.29, 1.82) is 0 Å². The molecule has 1 aromatic heterocycles. The molecule has 1 saturated heterocycles. The summed E-state index contributed by atoms with van der Waals surface area (Å²) in [7, 11) is 0. The molecule has 1 aliphatic heterocycles. The second-order valence-corrected chi connectivity index (χ2v) is 7.48. The van der Waals surface area contributed by atoms with Crippen LogP contribution in [-0.2, 0) is 4.74 Å². The lowest BCUT2D eigenvalue weighted by Crippen LogP contribution is -2.47. The van der Waals surface area contributed by atoms with E-state index in [1.165, 1.54) is 12.8 Å². The molecule has 2 fully saturated rings. The summed E-state index contributed by atoms with van der Waals surface area (Å²) in [4.78, 5) is 30.0. The number of fused-ring (bicyclic) bond motifs is 1. The Morgan fingerprint density at radius 3 is 2.88 bits per heavy atom. The van der Waals surface area contributed by atoms with Crippen LogP contribution in [0.1, 0.15) is 48.9 Å². The van der Waals surface area contributed by atoms with E-state index in [2.05, 4.69) is 15.3 Å². The SMILES string of the molecule is O=C(NC1CCOC2(CCCC2)C1)c1ccc2c(=O)[nH]c(=S)[nH]c2c1. The zero-order chi connectivity index (χ0) is 17.4. The Morgan fingerprint density at radius 1 is 1.28 bits per heavy atom. The van der Waals surface area contributed by atoms with E-state index in [1.807, 2.05) is 0 Å². The number of aromatic amines is 2. The molecule has 2 aliphatic rings. The number of hydrogen-bond donors (Lipinski definition) is 3. The number of carbonyl (C=O) groups excluding carboxylic acids is 1. The molecule has 1 spiro atoms. The maximum atomic E-state index is 12.7. The first-order valence-electron chi connectivity index (χ1n) is 8.76. The Bertz CT molecular complexity index is 927. The molecule has 2 heterocycles. The zero-order valence-corrected chi connectivity index (χ0v) is 14.7. The van der Waals surface area contributed by atoms with Crippen LogP contribution in [0.5, 0.6) is 0 Å². The Labute approximate surface area is 150 Å². The zero-order valence-electron chi connectivity index (χ0n) is 13.9. The van der Waals surface area contributed by atoms with E-state index in [4.69, 9.17) is 17.0 Å². The van der Waals surface area contributed by atoms with Crippen LogP contribution in [0, 0.1) is 4.77 Å². The van der Waals surface area contributed by atoms with Gasteiger partial charge < -0.3 is 15.0 Å². The van der Waals surface area contributed by atoms with Gasteiger partial charge in [0.2, 0.25) is 0 Å². The average molecular weight is 359 g/mol. The summed E-state index contributed by atoms with van der Waals surface area (Å²) in [5.74, 6) is -0.124. The number of rotatable bonds is 2. The predicted octanol–water partition coefficient (Wildman–Crippen LogP) is 2.81. The molecule has 2 aromatic rings. The summed E-state index contributed by atoms with van der Waals surface area (Å²) in [5.41, 5.74) is 0.812. The summed E-state index contributed by atoms with van der Waals surface area (Å²) in [6.07, 6.45) is 6.32. The van der Waals surface area contributed by atoms with Gasteiger partial charge in [-0.25, -0.2) is 0 Å². The summed E-state index contributed by atoms with van der Waals surface area (Å²) in [6.45, 7) is 0.700. The quantitative estimate of drug-likeness (QED) is 0.720. The van der Waals surface area contributed by atoms with Gasteiger partial charge in [-0.3, -0.25) is 14.6 Å². The maximum Gasteiger partial charge on any atom is 0.259 e. The number of hydrogen-bond acceptors (Lipinski definition) is 4. The molecule has 1 aliphatic carbocycles. The van der Waals surface area contributed by atoms with E-state index in [1.54, 1.807) is 18.2 Å². The molecule has 1 amide bonds. The van der Waals surface area contributed by atoms with Gasteiger partial charge >= 0.3 is 0 Å². The minimum absolute atomic E-state index is 0.0299. The lowest BCUT2D eigenvalue weighted by Gasteiger charge is -2.38. The van der Waals surface area contributed by atoms with Gasteiger partial charge in [-0.2, -0.15) is 0 Å². The number of nitrogens with one attached hydrogen (secondary N) is 3. The van der Waals surface area contributed by atoms with Crippen molar-refractivity contribution in [3.8, 4) is 0 Å². The van der Waals surface area contributed by atoms with Crippen molar-refractivity contribution in [3.05, 3.63) is 38.9 Å². The van der Waals surface area contributed by atoms with E-state index >= 15 is 0 Å². The van der Waals surface area contributed by atoms with Crippen LogP contribution in [0.25, 0.3) is 10.9 Å². The molecular formula is C18H21N3O3S. The summed E-state index contributed by atoms with van der Waals surface area (Å²) in [5, 5.41) is 3.62. The molecular weight excluding hydrogens is 338 g/mol. The second kappa shape index (κ2) is 6.38. The molecule has 1 saturated carbocycles. The molecule has 1 atom stereocenters. The Balaban J connectivity index is 1.54. The van der Waals surface area contributed by atoms with Crippen molar-refractivity contribution in [1.82, 2.24) is 15.3 Å². The molecule has 3 N–H and O–H groups in total. The highest BCUT2D eigenvalue weighted by Gasteiger charge is 2.40. The highest BCUT2D eigenvalue weighted by molar-refractivity contribution is 7.71. The molecule has 6 nitrogen and oxygen atoms in total. The first-order chi connectivity index (χ1) is 12.0. The van der Waals surface area contributed by atoms with Gasteiger partial charge in [0.15, 0.2) is 4.77 Å². The van der Waals surface area contributed by atoms with Crippen LogP contribution in [-0.4, -0.2) is 34.1 Å². The lowest BCUT2D eigenvalue weighted by atomic mass is 9.89. The number of carbonyl (C=O) groups is 1. The van der Waals surface area contributed by atoms with Crippen molar-refractivity contribution < 1.29 is 9.53 Å². The van der Waals surface area contributed by atoms with Gasteiger partial charge in [-0.1, -0.05) is 12.8 Å². The van der Waals surface area contributed by atoms with Crippen LogP contribution in [0.2, 0.25) is 0 Å². The number of benzene rings is 1. The second-order valence-electron chi connectivity index (χ2n) is 7.07. The van der Waals surface area contributed by atoms with Crippen molar-refractivity contribution >= 4 is 29.0 Å². The lowest BCUT2D eigenvalue weighted by molar-refractivity contribution is -0.0823. The number of H-pyrrole nitrogens is 2. The molecule has 0 radical (unpaired) electrons. The Kier molecular flexibility index (Phi) is 4.21. The van der Waals surface area contributed by atoms with Crippen molar-refractivity contribution in [2.24, 2.45) is 0 Å². The van der Waals surface area contributed by atoms with Crippen LogP contribution in [0.4, 0.5) is 0 Å². The first kappa shape index (κ1) is 16.5. The van der Waals surface area contributed by atoms with Crippen molar-refractivity contribution in [3.63, 3.8) is 0 Å². The van der Waals surface area contributed by atoms with E-state index in [9.17, 15) is 9.59 Å². The average Bonchev–Trinajstić information content (AvgIpc) is 3.01. The van der Waals surface area contributed by atoms with Gasteiger partial charge in [0, 0.05) is 18.2 Å². The van der Waals surface area contributed by atoms with Gasteiger partial charge in [0.25, 0.3) is 11.5 Å². The standard InChI is InChI=1S/C18H21N3O3S/c22-15(19-12-5-8-24-18(10-12)6-1-2-7-18)11-3-4-13-14(9-11)20-17(25)21-16(13)23/h3-4,9,12H,1-2,5-8,10H2,(H,19,22)(H2,20,21,23,25). The van der Waals surface area contributed by atoms with Crippen LogP contribution in [0.15, 0.2) is 23.0 Å². The Hall–Kier alpha value is -1.99. The van der Waals surface area contributed by atoms with Crippen LogP contribution >= 0.6 is 12.2 Å². The third-order valence-corrected chi connectivity index (χ3v) is 5.55. The number of ether oxygens (including phenoxy) is 1.